The number of hydrogen-bond acceptors (Lipinski definition) is 6. The number of aromatic nitrogens is 1. The summed E-state index contributed by atoms with van der Waals surface area (Å²) in [5, 5.41) is 12.4. The number of unbranched alkanes of at least 4 members (excludes halogenated alkanes) is 1. The van der Waals surface area contributed by atoms with Gasteiger partial charge in [0.15, 0.2) is 11.5 Å². The van der Waals surface area contributed by atoms with E-state index in [1.165, 1.54) is 11.8 Å². The number of ether oxygens (including phenoxy) is 2. The van der Waals surface area contributed by atoms with Gasteiger partial charge in [0.2, 0.25) is 12.7 Å². The van der Waals surface area contributed by atoms with E-state index in [0.717, 1.165) is 25.0 Å². The van der Waals surface area contributed by atoms with Crippen molar-refractivity contribution in [2.24, 2.45) is 0 Å². The van der Waals surface area contributed by atoms with Crippen LogP contribution in [0.3, 0.4) is 0 Å². The number of thioether (sulfide) groups is 1. The maximum absolute atomic E-state index is 12.6. The summed E-state index contributed by atoms with van der Waals surface area (Å²) in [5.41, 5.74) is 2.08. The van der Waals surface area contributed by atoms with Crippen molar-refractivity contribution in [3.05, 3.63) is 41.6 Å². The third-order valence-corrected chi connectivity index (χ3v) is 5.22. The van der Waals surface area contributed by atoms with Gasteiger partial charge in [-0.2, -0.15) is 5.26 Å². The van der Waals surface area contributed by atoms with Crippen molar-refractivity contribution in [1.29, 1.82) is 5.26 Å². The molecule has 1 unspecified atom stereocenters. The molecule has 2 heterocycles. The van der Waals surface area contributed by atoms with Gasteiger partial charge in [0.1, 0.15) is 11.1 Å². The highest BCUT2D eigenvalue weighted by atomic mass is 32.2. The molecule has 2 aromatic rings. The number of nitriles is 1. The fourth-order valence-electron chi connectivity index (χ4n) is 2.59. The molecular weight excluding hydrogens is 362 g/mol. The number of hydrogen-bond donors (Lipinski definition) is 1. The average Bonchev–Trinajstić information content (AvgIpc) is 3.14. The first kappa shape index (κ1) is 19.1. The van der Waals surface area contributed by atoms with Gasteiger partial charge in [-0.25, -0.2) is 4.98 Å². The maximum atomic E-state index is 12.6. The Labute approximate surface area is 162 Å². The van der Waals surface area contributed by atoms with Crippen molar-refractivity contribution in [2.45, 2.75) is 43.4 Å². The predicted molar refractivity (Wildman–Crippen MR) is 104 cm³/mol. The number of carbonyl (C=O) groups is 1. The summed E-state index contributed by atoms with van der Waals surface area (Å²) in [4.78, 5) is 17.1. The molecule has 1 N–H and O–H groups in total. The van der Waals surface area contributed by atoms with Crippen molar-refractivity contribution in [3.8, 4) is 17.6 Å². The fourth-order valence-corrected chi connectivity index (χ4v) is 3.50. The molecule has 1 aliphatic heterocycles. The molecule has 6 nitrogen and oxygen atoms in total. The molecule has 1 amide bonds. The third kappa shape index (κ3) is 4.72. The van der Waals surface area contributed by atoms with Crippen LogP contribution < -0.4 is 14.8 Å². The largest absolute Gasteiger partial charge is 0.454 e. The Hall–Kier alpha value is -2.72. The standard InChI is InChI=1S/C20H21N3O3S/c1-3-4-5-15-7-6-14(11-21)20(23-15)27-13(2)19(24)22-16-8-9-17-18(10-16)26-12-25-17/h6-10,13H,3-5,12H2,1-2H3,(H,22,24). The number of amides is 1. The van der Waals surface area contributed by atoms with Crippen LogP contribution in [0.15, 0.2) is 35.4 Å². The maximum Gasteiger partial charge on any atom is 0.237 e. The summed E-state index contributed by atoms with van der Waals surface area (Å²) in [6.07, 6.45) is 3.00. The zero-order chi connectivity index (χ0) is 19.2. The van der Waals surface area contributed by atoms with Crippen LogP contribution in [0.5, 0.6) is 11.5 Å². The van der Waals surface area contributed by atoms with Gasteiger partial charge in [-0.05, 0) is 44.0 Å². The van der Waals surface area contributed by atoms with Gasteiger partial charge in [-0.15, -0.1) is 0 Å². The van der Waals surface area contributed by atoms with Gasteiger partial charge < -0.3 is 14.8 Å². The lowest BCUT2D eigenvalue weighted by Gasteiger charge is -2.13. The normalized spacial score (nSPS) is 13.1. The number of pyridine rings is 1. The molecule has 3 rings (SSSR count). The van der Waals surface area contributed by atoms with Gasteiger partial charge in [-0.3, -0.25) is 4.79 Å². The highest BCUT2D eigenvalue weighted by Crippen LogP contribution is 2.34. The molecule has 27 heavy (non-hydrogen) atoms. The Morgan fingerprint density at radius 2 is 2.15 bits per heavy atom. The Bertz CT molecular complexity index is 879. The van der Waals surface area contributed by atoms with Gasteiger partial charge in [-0.1, -0.05) is 25.1 Å². The molecule has 0 fully saturated rings. The second kappa shape index (κ2) is 8.78. The summed E-state index contributed by atoms with van der Waals surface area (Å²) in [7, 11) is 0. The number of aryl methyl sites for hydroxylation is 1. The molecule has 0 saturated heterocycles. The van der Waals surface area contributed by atoms with Crippen molar-refractivity contribution in [3.63, 3.8) is 0 Å². The first-order chi connectivity index (χ1) is 13.1. The summed E-state index contributed by atoms with van der Waals surface area (Å²) in [5.74, 6) is 1.12. The van der Waals surface area contributed by atoms with E-state index >= 15 is 0 Å². The smallest absolute Gasteiger partial charge is 0.237 e. The van der Waals surface area contributed by atoms with E-state index < -0.39 is 5.25 Å². The summed E-state index contributed by atoms with van der Waals surface area (Å²) in [6.45, 7) is 4.12. The molecule has 1 aromatic carbocycles. The Balaban J connectivity index is 1.68. The lowest BCUT2D eigenvalue weighted by atomic mass is 10.2. The second-order valence-electron chi connectivity index (χ2n) is 6.19. The third-order valence-electron chi connectivity index (χ3n) is 4.12. The molecule has 0 aliphatic carbocycles. The highest BCUT2D eigenvalue weighted by Gasteiger charge is 2.19. The summed E-state index contributed by atoms with van der Waals surface area (Å²) < 4.78 is 10.6. The van der Waals surface area contributed by atoms with E-state index in [2.05, 4.69) is 23.3 Å². The number of nitrogens with one attached hydrogen (secondary N) is 1. The van der Waals surface area contributed by atoms with E-state index in [1.807, 2.05) is 6.07 Å². The molecule has 0 spiro atoms. The number of rotatable bonds is 7. The molecule has 140 valence electrons. The highest BCUT2D eigenvalue weighted by molar-refractivity contribution is 8.00. The molecule has 7 heteroatoms. The van der Waals surface area contributed by atoms with Crippen LogP contribution >= 0.6 is 11.8 Å². The second-order valence-corrected chi connectivity index (χ2v) is 7.52. The Kier molecular flexibility index (Phi) is 6.20. The summed E-state index contributed by atoms with van der Waals surface area (Å²) in [6, 6.07) is 11.1. The summed E-state index contributed by atoms with van der Waals surface area (Å²) >= 11 is 1.29. The average molecular weight is 383 g/mol. The molecule has 1 aromatic heterocycles. The van der Waals surface area contributed by atoms with E-state index in [0.29, 0.717) is 27.8 Å². The SMILES string of the molecule is CCCCc1ccc(C#N)c(SC(C)C(=O)Nc2ccc3c(c2)OCO3)n1. The monoisotopic (exact) mass is 383 g/mol. The topological polar surface area (TPSA) is 84.2 Å². The van der Waals surface area contributed by atoms with Crippen LogP contribution in [0.2, 0.25) is 0 Å². The first-order valence-corrected chi connectivity index (χ1v) is 9.76. The molecule has 0 saturated carbocycles. The van der Waals surface area contributed by atoms with Crippen LogP contribution in [-0.4, -0.2) is 22.9 Å². The van der Waals surface area contributed by atoms with Gasteiger partial charge in [0.05, 0.1) is 10.8 Å². The zero-order valence-electron chi connectivity index (χ0n) is 15.3. The minimum atomic E-state index is -0.406. The predicted octanol–water partition coefficient (Wildman–Crippen LogP) is 4.14. The lowest BCUT2D eigenvalue weighted by molar-refractivity contribution is -0.115. The van der Waals surface area contributed by atoms with Crippen LogP contribution in [-0.2, 0) is 11.2 Å². The van der Waals surface area contributed by atoms with Crippen LogP contribution in [0.4, 0.5) is 5.69 Å². The van der Waals surface area contributed by atoms with Gasteiger partial charge in [0, 0.05) is 17.4 Å². The van der Waals surface area contributed by atoms with Crippen molar-refractivity contribution < 1.29 is 14.3 Å². The molecule has 1 atom stereocenters. The van der Waals surface area contributed by atoms with Crippen molar-refractivity contribution in [2.75, 3.05) is 12.1 Å². The fraction of sp³-hybridized carbons (Fsp3) is 0.350. The van der Waals surface area contributed by atoms with E-state index in [1.54, 1.807) is 31.2 Å². The van der Waals surface area contributed by atoms with Crippen LogP contribution in [0.25, 0.3) is 0 Å². The molecule has 1 aliphatic rings. The Morgan fingerprint density at radius 1 is 1.33 bits per heavy atom. The number of anilines is 1. The van der Waals surface area contributed by atoms with E-state index in [9.17, 15) is 10.1 Å². The molecule has 0 radical (unpaired) electrons. The van der Waals surface area contributed by atoms with Crippen molar-refractivity contribution in [1.82, 2.24) is 4.98 Å². The van der Waals surface area contributed by atoms with Crippen molar-refractivity contribution >= 4 is 23.4 Å². The Morgan fingerprint density at radius 3 is 2.93 bits per heavy atom. The van der Waals surface area contributed by atoms with Gasteiger partial charge in [0.25, 0.3) is 0 Å². The first-order valence-electron chi connectivity index (χ1n) is 8.88. The minimum Gasteiger partial charge on any atom is -0.454 e. The number of benzene rings is 1. The number of carbonyl (C=O) groups excluding carboxylic acids is 1. The van der Waals surface area contributed by atoms with E-state index in [4.69, 9.17) is 9.47 Å². The minimum absolute atomic E-state index is 0.163. The van der Waals surface area contributed by atoms with Crippen LogP contribution in [0, 0.1) is 11.3 Å². The number of nitrogens with zero attached hydrogens (tertiary/aromatic N) is 2. The lowest BCUT2D eigenvalue weighted by Crippen LogP contribution is -2.22. The van der Waals surface area contributed by atoms with E-state index in [-0.39, 0.29) is 12.7 Å². The number of fused-ring (bicyclic) bond motifs is 1. The molecular formula is C20H21N3O3S. The van der Waals surface area contributed by atoms with Gasteiger partial charge >= 0.3 is 0 Å². The van der Waals surface area contributed by atoms with Crippen LogP contribution in [0.1, 0.15) is 37.9 Å². The zero-order valence-corrected chi connectivity index (χ0v) is 16.1. The molecule has 0 bridgehead atoms. The quantitative estimate of drug-likeness (QED) is 0.723.